The molecule has 0 unspecified atom stereocenters. The number of hydrogen-bond donors (Lipinski definition) is 2. The Bertz CT molecular complexity index is 860. The van der Waals surface area contributed by atoms with Crippen molar-refractivity contribution >= 4 is 28.2 Å². The number of fused-ring (bicyclic) bond motifs is 1. The first-order valence-corrected chi connectivity index (χ1v) is 6.81. The minimum Gasteiger partial charge on any atom is -0.378 e. The molecule has 0 fully saturated rings. The first kappa shape index (κ1) is 13.6. The van der Waals surface area contributed by atoms with Crippen LogP contribution in [0.15, 0.2) is 53.3 Å². The minimum absolute atomic E-state index is 0.200. The molecule has 1 heterocycles. The van der Waals surface area contributed by atoms with Gasteiger partial charge in [0.15, 0.2) is 0 Å². The van der Waals surface area contributed by atoms with Crippen molar-refractivity contribution in [1.29, 1.82) is 0 Å². The zero-order valence-corrected chi connectivity index (χ0v) is 11.7. The van der Waals surface area contributed by atoms with Crippen LogP contribution < -0.4 is 10.9 Å². The van der Waals surface area contributed by atoms with Crippen molar-refractivity contribution in [2.45, 2.75) is 6.54 Å². The van der Waals surface area contributed by atoms with E-state index >= 15 is 0 Å². The summed E-state index contributed by atoms with van der Waals surface area (Å²) >= 11 is 5.95. The highest BCUT2D eigenvalue weighted by atomic mass is 35.5. The summed E-state index contributed by atoms with van der Waals surface area (Å²) in [5.74, 6) is -0.349. The van der Waals surface area contributed by atoms with E-state index in [0.29, 0.717) is 16.3 Å². The molecule has 1 aromatic heterocycles. The highest BCUT2D eigenvalue weighted by Gasteiger charge is 2.05. The Balaban J connectivity index is 1.92. The van der Waals surface area contributed by atoms with Gasteiger partial charge in [-0.15, -0.1) is 0 Å². The third-order valence-corrected chi connectivity index (χ3v) is 3.46. The van der Waals surface area contributed by atoms with Crippen LogP contribution in [0.1, 0.15) is 5.56 Å². The normalized spacial score (nSPS) is 10.8. The molecule has 21 heavy (non-hydrogen) atoms. The Morgan fingerprint density at radius 2 is 1.95 bits per heavy atom. The zero-order valence-electron chi connectivity index (χ0n) is 11.0. The largest absolute Gasteiger partial charge is 0.378 e. The van der Waals surface area contributed by atoms with Crippen LogP contribution in [0.25, 0.3) is 10.9 Å². The van der Waals surface area contributed by atoms with Gasteiger partial charge in [0.05, 0.1) is 5.69 Å². The number of anilines is 1. The van der Waals surface area contributed by atoms with Crippen molar-refractivity contribution in [1.82, 2.24) is 4.98 Å². The van der Waals surface area contributed by atoms with Crippen LogP contribution in [0.5, 0.6) is 0 Å². The molecule has 0 saturated heterocycles. The molecule has 106 valence electrons. The number of aromatic amines is 1. The van der Waals surface area contributed by atoms with Crippen molar-refractivity contribution < 1.29 is 4.39 Å². The van der Waals surface area contributed by atoms with Crippen molar-refractivity contribution in [3.63, 3.8) is 0 Å². The van der Waals surface area contributed by atoms with E-state index in [1.165, 1.54) is 6.07 Å². The molecule has 3 nitrogen and oxygen atoms in total. The lowest BCUT2D eigenvalue weighted by molar-refractivity contribution is 0.630. The standard InChI is InChI=1S/C16H12ClFN2O/c17-12-5-6-14-10(8-12)7-11(16(21)20-14)9-19-15-4-2-1-3-13(15)18/h1-8,19H,9H2,(H,20,21). The van der Waals surface area contributed by atoms with Gasteiger partial charge < -0.3 is 10.3 Å². The number of H-pyrrole nitrogens is 1. The summed E-state index contributed by atoms with van der Waals surface area (Å²) in [5.41, 5.74) is 1.41. The van der Waals surface area contributed by atoms with Gasteiger partial charge >= 0.3 is 0 Å². The summed E-state index contributed by atoms with van der Waals surface area (Å²) in [6.07, 6.45) is 0. The Labute approximate surface area is 125 Å². The molecular weight excluding hydrogens is 291 g/mol. The molecule has 3 rings (SSSR count). The number of rotatable bonds is 3. The summed E-state index contributed by atoms with van der Waals surface area (Å²) in [4.78, 5) is 14.8. The van der Waals surface area contributed by atoms with Crippen molar-refractivity contribution in [2.75, 3.05) is 5.32 Å². The second kappa shape index (κ2) is 5.58. The number of para-hydroxylation sites is 1. The van der Waals surface area contributed by atoms with E-state index in [9.17, 15) is 9.18 Å². The van der Waals surface area contributed by atoms with Gasteiger partial charge in [-0.2, -0.15) is 0 Å². The molecule has 0 aliphatic rings. The molecule has 0 amide bonds. The van der Waals surface area contributed by atoms with Crippen LogP contribution in [0.3, 0.4) is 0 Å². The highest BCUT2D eigenvalue weighted by molar-refractivity contribution is 6.31. The third kappa shape index (κ3) is 2.90. The summed E-state index contributed by atoms with van der Waals surface area (Å²) < 4.78 is 13.5. The van der Waals surface area contributed by atoms with Crippen molar-refractivity contribution in [3.8, 4) is 0 Å². The maximum atomic E-state index is 13.5. The Morgan fingerprint density at radius 1 is 1.14 bits per heavy atom. The molecule has 0 radical (unpaired) electrons. The maximum Gasteiger partial charge on any atom is 0.253 e. The number of halogens is 2. The van der Waals surface area contributed by atoms with Crippen molar-refractivity contribution in [3.05, 3.63) is 75.3 Å². The van der Waals surface area contributed by atoms with E-state index in [1.807, 2.05) is 0 Å². The lowest BCUT2D eigenvalue weighted by Crippen LogP contribution is -2.15. The highest BCUT2D eigenvalue weighted by Crippen LogP contribution is 2.18. The summed E-state index contributed by atoms with van der Waals surface area (Å²) in [7, 11) is 0. The number of pyridine rings is 1. The first-order chi connectivity index (χ1) is 10.1. The summed E-state index contributed by atoms with van der Waals surface area (Å²) in [6, 6.07) is 13.4. The molecule has 3 aromatic rings. The molecule has 0 spiro atoms. The van der Waals surface area contributed by atoms with E-state index in [0.717, 1.165) is 10.9 Å². The smallest absolute Gasteiger partial charge is 0.253 e. The second-order valence-corrected chi connectivity index (χ2v) is 5.13. The van der Waals surface area contributed by atoms with Gasteiger partial charge in [-0.05, 0) is 36.4 Å². The monoisotopic (exact) mass is 302 g/mol. The predicted octanol–water partition coefficient (Wildman–Crippen LogP) is 3.93. The van der Waals surface area contributed by atoms with E-state index < -0.39 is 0 Å². The van der Waals surface area contributed by atoms with Crippen LogP contribution in [-0.2, 0) is 6.54 Å². The number of aromatic nitrogens is 1. The third-order valence-electron chi connectivity index (χ3n) is 3.23. The molecule has 0 aliphatic heterocycles. The minimum atomic E-state index is -0.349. The number of benzene rings is 2. The molecule has 2 aromatic carbocycles. The molecule has 2 N–H and O–H groups in total. The maximum absolute atomic E-state index is 13.5. The Hall–Kier alpha value is -2.33. The van der Waals surface area contributed by atoms with Gasteiger partial charge in [0.25, 0.3) is 5.56 Å². The van der Waals surface area contributed by atoms with Gasteiger partial charge in [-0.3, -0.25) is 4.79 Å². The van der Waals surface area contributed by atoms with Crippen LogP contribution in [0.4, 0.5) is 10.1 Å². The predicted molar refractivity (Wildman–Crippen MR) is 83.3 cm³/mol. The van der Waals surface area contributed by atoms with Crippen molar-refractivity contribution in [2.24, 2.45) is 0 Å². The van der Waals surface area contributed by atoms with E-state index in [1.54, 1.807) is 42.5 Å². The Kier molecular flexibility index (Phi) is 3.62. The fraction of sp³-hybridized carbons (Fsp3) is 0.0625. The molecule has 0 saturated carbocycles. The van der Waals surface area contributed by atoms with Crippen LogP contribution in [0.2, 0.25) is 5.02 Å². The molecule has 0 bridgehead atoms. The topological polar surface area (TPSA) is 44.9 Å². The summed E-state index contributed by atoms with van der Waals surface area (Å²) in [6.45, 7) is 0.235. The average Bonchev–Trinajstić information content (AvgIpc) is 2.47. The molecule has 0 atom stereocenters. The molecule has 0 aliphatic carbocycles. The quantitative estimate of drug-likeness (QED) is 0.770. The van der Waals surface area contributed by atoms with Gasteiger partial charge in [-0.25, -0.2) is 4.39 Å². The second-order valence-electron chi connectivity index (χ2n) is 4.69. The fourth-order valence-electron chi connectivity index (χ4n) is 2.15. The fourth-order valence-corrected chi connectivity index (χ4v) is 2.33. The van der Waals surface area contributed by atoms with Gasteiger partial charge in [0.2, 0.25) is 0 Å². The van der Waals surface area contributed by atoms with Gasteiger partial charge in [-0.1, -0.05) is 23.7 Å². The van der Waals surface area contributed by atoms with E-state index in [-0.39, 0.29) is 17.9 Å². The first-order valence-electron chi connectivity index (χ1n) is 6.43. The average molecular weight is 303 g/mol. The molecule has 5 heteroatoms. The lowest BCUT2D eigenvalue weighted by atomic mass is 10.1. The Morgan fingerprint density at radius 3 is 2.76 bits per heavy atom. The van der Waals surface area contributed by atoms with Crippen LogP contribution >= 0.6 is 11.6 Å². The van der Waals surface area contributed by atoms with Gasteiger partial charge in [0, 0.05) is 28.0 Å². The van der Waals surface area contributed by atoms with E-state index in [2.05, 4.69) is 10.3 Å². The lowest BCUT2D eigenvalue weighted by Gasteiger charge is -2.08. The number of hydrogen-bond acceptors (Lipinski definition) is 2. The number of nitrogens with one attached hydrogen (secondary N) is 2. The van der Waals surface area contributed by atoms with Gasteiger partial charge in [0.1, 0.15) is 5.82 Å². The van der Waals surface area contributed by atoms with E-state index in [4.69, 9.17) is 11.6 Å². The van der Waals surface area contributed by atoms with Crippen LogP contribution in [0, 0.1) is 5.82 Å². The SMILES string of the molecule is O=c1[nH]c2ccc(Cl)cc2cc1CNc1ccccc1F. The zero-order chi connectivity index (χ0) is 14.8. The molecular formula is C16H12ClFN2O. The summed E-state index contributed by atoms with van der Waals surface area (Å²) in [5, 5.41) is 4.36. The van der Waals surface area contributed by atoms with Crippen LogP contribution in [-0.4, -0.2) is 4.98 Å².